The summed E-state index contributed by atoms with van der Waals surface area (Å²) in [5.74, 6) is 0.456. The van der Waals surface area contributed by atoms with E-state index in [1.807, 2.05) is 6.92 Å². The van der Waals surface area contributed by atoms with Gasteiger partial charge in [-0.1, -0.05) is 6.07 Å². The molecule has 0 spiro atoms. The second kappa shape index (κ2) is 6.34. The Balaban J connectivity index is 2.38. The first-order valence-corrected chi connectivity index (χ1v) is 8.69. The van der Waals surface area contributed by atoms with Crippen molar-refractivity contribution in [2.45, 2.75) is 37.6 Å². The molecule has 0 bridgehead atoms. The van der Waals surface area contributed by atoms with Crippen LogP contribution in [-0.2, 0) is 14.8 Å². The van der Waals surface area contributed by atoms with Crippen LogP contribution in [-0.4, -0.2) is 39.0 Å². The Morgan fingerprint density at radius 3 is 2.67 bits per heavy atom. The Kier molecular flexibility index (Phi) is 4.91. The minimum atomic E-state index is -3.56. The molecule has 118 valence electrons. The van der Waals surface area contributed by atoms with Crippen molar-refractivity contribution < 1.29 is 13.2 Å². The molecule has 1 aliphatic carbocycles. The van der Waals surface area contributed by atoms with Crippen molar-refractivity contribution >= 4 is 15.7 Å². The monoisotopic (exact) mass is 312 g/mol. The topological polar surface area (TPSA) is 72.6 Å². The second-order valence-corrected chi connectivity index (χ2v) is 7.52. The lowest BCUT2D eigenvalue weighted by atomic mass is 10.2. The van der Waals surface area contributed by atoms with E-state index in [-0.39, 0.29) is 6.04 Å². The summed E-state index contributed by atoms with van der Waals surface area (Å²) in [6.45, 7) is 4.48. The summed E-state index contributed by atoms with van der Waals surface area (Å²) in [6, 6.07) is 5.02. The molecule has 2 N–H and O–H groups in total. The fraction of sp³-hybridized carbons (Fsp3) is 0.600. The SMILES string of the molecule is COCCN(C(C)C1CC1)S(=O)(=O)c1cccc(N)c1C. The normalized spacial score (nSPS) is 17.1. The molecule has 1 fully saturated rings. The van der Waals surface area contributed by atoms with Gasteiger partial charge in [0.25, 0.3) is 0 Å². The molecule has 0 radical (unpaired) electrons. The molecule has 2 rings (SSSR count). The maximum atomic E-state index is 13.0. The van der Waals surface area contributed by atoms with Gasteiger partial charge >= 0.3 is 0 Å². The van der Waals surface area contributed by atoms with E-state index >= 15 is 0 Å². The molecule has 1 aromatic rings. The summed E-state index contributed by atoms with van der Waals surface area (Å²) in [4.78, 5) is 0.297. The van der Waals surface area contributed by atoms with Crippen LogP contribution in [0.15, 0.2) is 23.1 Å². The van der Waals surface area contributed by atoms with Crippen LogP contribution in [0.4, 0.5) is 5.69 Å². The third-order valence-electron chi connectivity index (χ3n) is 4.19. The molecular formula is C15H24N2O3S. The third kappa shape index (κ3) is 3.39. The van der Waals surface area contributed by atoms with Gasteiger partial charge in [0.05, 0.1) is 11.5 Å². The maximum absolute atomic E-state index is 13.0. The van der Waals surface area contributed by atoms with Gasteiger partial charge in [-0.2, -0.15) is 4.31 Å². The first kappa shape index (κ1) is 16.3. The van der Waals surface area contributed by atoms with Gasteiger partial charge in [0, 0.05) is 25.4 Å². The Bertz CT molecular complexity index is 597. The van der Waals surface area contributed by atoms with E-state index in [2.05, 4.69) is 0 Å². The predicted molar refractivity (Wildman–Crippen MR) is 83.5 cm³/mol. The Morgan fingerprint density at radius 2 is 2.10 bits per heavy atom. The molecule has 0 saturated heterocycles. The Hall–Kier alpha value is -1.11. The number of methoxy groups -OCH3 is 1. The van der Waals surface area contributed by atoms with Crippen molar-refractivity contribution in [2.75, 3.05) is 26.0 Å². The minimum Gasteiger partial charge on any atom is -0.398 e. The van der Waals surface area contributed by atoms with Crippen molar-refractivity contribution in [3.05, 3.63) is 23.8 Å². The first-order valence-electron chi connectivity index (χ1n) is 7.25. The number of nitrogens with zero attached hydrogens (tertiary/aromatic N) is 1. The number of rotatable bonds is 7. The van der Waals surface area contributed by atoms with Gasteiger partial charge in [-0.3, -0.25) is 0 Å². The number of hydrogen-bond donors (Lipinski definition) is 1. The smallest absolute Gasteiger partial charge is 0.243 e. The van der Waals surface area contributed by atoms with E-state index in [0.717, 1.165) is 12.8 Å². The number of nitrogen functional groups attached to an aromatic ring is 1. The molecule has 0 amide bonds. The summed E-state index contributed by atoms with van der Waals surface area (Å²) in [6.07, 6.45) is 2.19. The molecule has 5 nitrogen and oxygen atoms in total. The van der Waals surface area contributed by atoms with E-state index in [9.17, 15) is 8.42 Å². The average Bonchev–Trinajstić information content (AvgIpc) is 3.26. The molecule has 0 aromatic heterocycles. The summed E-state index contributed by atoms with van der Waals surface area (Å²) in [7, 11) is -1.98. The zero-order valence-electron chi connectivity index (χ0n) is 12.9. The predicted octanol–water partition coefficient (Wildman–Crippen LogP) is 2.01. The fourth-order valence-electron chi connectivity index (χ4n) is 2.57. The van der Waals surface area contributed by atoms with E-state index in [1.165, 1.54) is 0 Å². The lowest BCUT2D eigenvalue weighted by Gasteiger charge is -2.29. The Morgan fingerprint density at radius 1 is 1.43 bits per heavy atom. The Labute approximate surface area is 127 Å². The highest BCUT2D eigenvalue weighted by Gasteiger charge is 2.38. The molecule has 1 aromatic carbocycles. The van der Waals surface area contributed by atoms with Crippen LogP contribution in [0.5, 0.6) is 0 Å². The van der Waals surface area contributed by atoms with Gasteiger partial charge in [-0.25, -0.2) is 8.42 Å². The van der Waals surface area contributed by atoms with Gasteiger partial charge in [0.15, 0.2) is 0 Å². The molecule has 1 saturated carbocycles. The van der Waals surface area contributed by atoms with Crippen LogP contribution < -0.4 is 5.73 Å². The number of benzene rings is 1. The molecule has 21 heavy (non-hydrogen) atoms. The van der Waals surface area contributed by atoms with Crippen molar-refractivity contribution in [2.24, 2.45) is 5.92 Å². The van der Waals surface area contributed by atoms with Crippen LogP contribution in [0.1, 0.15) is 25.3 Å². The molecule has 1 aliphatic rings. The lowest BCUT2D eigenvalue weighted by molar-refractivity contribution is 0.164. The van der Waals surface area contributed by atoms with Crippen molar-refractivity contribution in [3.63, 3.8) is 0 Å². The molecule has 0 heterocycles. The van der Waals surface area contributed by atoms with Crippen LogP contribution in [0.3, 0.4) is 0 Å². The molecule has 1 atom stereocenters. The third-order valence-corrected chi connectivity index (χ3v) is 6.32. The second-order valence-electron chi connectivity index (χ2n) is 5.66. The van der Waals surface area contributed by atoms with E-state index < -0.39 is 10.0 Å². The number of hydrogen-bond acceptors (Lipinski definition) is 4. The number of anilines is 1. The molecular weight excluding hydrogens is 288 g/mol. The average molecular weight is 312 g/mol. The van der Waals surface area contributed by atoms with Crippen LogP contribution >= 0.6 is 0 Å². The molecule has 1 unspecified atom stereocenters. The standard InChI is InChI=1S/C15H24N2O3S/c1-11-14(16)5-4-6-15(11)21(18,19)17(9-10-20-3)12(2)13-7-8-13/h4-6,12-13H,7-10,16H2,1-3H3. The highest BCUT2D eigenvalue weighted by atomic mass is 32.2. The number of nitrogens with two attached hydrogens (primary N) is 1. The minimum absolute atomic E-state index is 0.00835. The maximum Gasteiger partial charge on any atom is 0.243 e. The summed E-state index contributed by atoms with van der Waals surface area (Å²) >= 11 is 0. The van der Waals surface area contributed by atoms with E-state index in [0.29, 0.717) is 35.2 Å². The van der Waals surface area contributed by atoms with Crippen LogP contribution in [0.25, 0.3) is 0 Å². The van der Waals surface area contributed by atoms with E-state index in [1.54, 1.807) is 36.5 Å². The van der Waals surface area contributed by atoms with Crippen molar-refractivity contribution in [3.8, 4) is 0 Å². The van der Waals surface area contributed by atoms with Crippen LogP contribution in [0.2, 0.25) is 0 Å². The summed E-state index contributed by atoms with van der Waals surface area (Å²) in [5, 5.41) is 0. The zero-order chi connectivity index (χ0) is 15.6. The van der Waals surface area contributed by atoms with Crippen LogP contribution in [0, 0.1) is 12.8 Å². The van der Waals surface area contributed by atoms with E-state index in [4.69, 9.17) is 10.5 Å². The number of ether oxygens (including phenoxy) is 1. The first-order chi connectivity index (χ1) is 9.89. The quantitative estimate of drug-likeness (QED) is 0.782. The summed E-state index contributed by atoms with van der Waals surface area (Å²) in [5.41, 5.74) is 6.97. The zero-order valence-corrected chi connectivity index (χ0v) is 13.7. The van der Waals surface area contributed by atoms with Gasteiger partial charge in [0.2, 0.25) is 10.0 Å². The summed E-state index contributed by atoms with van der Waals surface area (Å²) < 4.78 is 32.6. The van der Waals surface area contributed by atoms with Crippen molar-refractivity contribution in [1.82, 2.24) is 4.31 Å². The van der Waals surface area contributed by atoms with Gasteiger partial charge in [0.1, 0.15) is 0 Å². The van der Waals surface area contributed by atoms with Crippen molar-refractivity contribution in [1.29, 1.82) is 0 Å². The fourth-order valence-corrected chi connectivity index (χ4v) is 4.51. The lowest BCUT2D eigenvalue weighted by Crippen LogP contribution is -2.42. The van der Waals surface area contributed by atoms with Gasteiger partial charge < -0.3 is 10.5 Å². The number of sulfonamides is 1. The van der Waals surface area contributed by atoms with Gasteiger partial charge in [-0.05, 0) is 50.3 Å². The highest BCUT2D eigenvalue weighted by Crippen LogP contribution is 2.37. The molecule has 0 aliphatic heterocycles. The highest BCUT2D eigenvalue weighted by molar-refractivity contribution is 7.89. The molecule has 6 heteroatoms. The largest absolute Gasteiger partial charge is 0.398 e. The van der Waals surface area contributed by atoms with Gasteiger partial charge in [-0.15, -0.1) is 0 Å².